The first-order valence-electron chi connectivity index (χ1n) is 5.86. The molecule has 0 unspecified atom stereocenters. The lowest BCUT2D eigenvalue weighted by Gasteiger charge is -2.28. The Kier molecular flexibility index (Phi) is 4.04. The van der Waals surface area contributed by atoms with Gasteiger partial charge in [-0.05, 0) is 38.9 Å². The average Bonchev–Trinajstić information content (AvgIpc) is 2.33. The average molecular weight is 237 g/mol. The van der Waals surface area contributed by atoms with Crippen molar-refractivity contribution in [1.29, 1.82) is 0 Å². The van der Waals surface area contributed by atoms with Gasteiger partial charge in [0.15, 0.2) is 0 Å². The Morgan fingerprint density at radius 2 is 1.88 bits per heavy atom. The molecule has 0 bridgehead atoms. The number of nitrogens with zero attached hydrogens (tertiary/aromatic N) is 2. The van der Waals surface area contributed by atoms with Crippen molar-refractivity contribution < 1.29 is 0 Å². The van der Waals surface area contributed by atoms with E-state index >= 15 is 0 Å². The highest BCUT2D eigenvalue weighted by Crippen LogP contribution is 2.28. The van der Waals surface area contributed by atoms with Gasteiger partial charge in [0, 0.05) is 23.7 Å². The van der Waals surface area contributed by atoms with Crippen LogP contribution in [0.25, 0.3) is 0 Å². The molecule has 1 aliphatic rings. The molecule has 16 heavy (non-hydrogen) atoms. The van der Waals surface area contributed by atoms with Crippen LogP contribution in [0.1, 0.15) is 31.4 Å². The van der Waals surface area contributed by atoms with Crippen molar-refractivity contribution in [2.24, 2.45) is 0 Å². The van der Waals surface area contributed by atoms with Crippen molar-refractivity contribution in [2.45, 2.75) is 43.9 Å². The molecule has 0 amide bonds. The predicted molar refractivity (Wildman–Crippen MR) is 70.0 cm³/mol. The maximum Gasteiger partial charge on any atom is 0.147 e. The summed E-state index contributed by atoms with van der Waals surface area (Å²) in [5.74, 6) is 0.954. The lowest BCUT2D eigenvalue weighted by molar-refractivity contribution is 0.472. The first kappa shape index (κ1) is 11.7. The summed E-state index contributed by atoms with van der Waals surface area (Å²) in [7, 11) is 0. The highest BCUT2D eigenvalue weighted by molar-refractivity contribution is 7.99. The van der Waals surface area contributed by atoms with Gasteiger partial charge in [0.1, 0.15) is 5.82 Å². The zero-order chi connectivity index (χ0) is 11.4. The van der Waals surface area contributed by atoms with E-state index in [-0.39, 0.29) is 0 Å². The van der Waals surface area contributed by atoms with Crippen LogP contribution in [0, 0.1) is 6.92 Å². The number of rotatable bonds is 3. The molecule has 0 saturated heterocycles. The smallest absolute Gasteiger partial charge is 0.147 e. The number of aryl methyl sites for hydroxylation is 1. The molecule has 1 saturated carbocycles. The van der Waals surface area contributed by atoms with E-state index < -0.39 is 0 Å². The third-order valence-electron chi connectivity index (χ3n) is 3.23. The SMILES string of the molecule is CSC1CCC(Nc2nccnc2C)CC1. The van der Waals surface area contributed by atoms with Gasteiger partial charge in [-0.15, -0.1) is 0 Å². The molecule has 0 aromatic carbocycles. The van der Waals surface area contributed by atoms with Crippen LogP contribution >= 0.6 is 11.8 Å². The van der Waals surface area contributed by atoms with E-state index in [1.807, 2.05) is 18.7 Å². The fourth-order valence-corrected chi connectivity index (χ4v) is 2.93. The van der Waals surface area contributed by atoms with Gasteiger partial charge in [-0.25, -0.2) is 4.98 Å². The molecule has 1 aliphatic carbocycles. The molecular formula is C12H19N3S. The zero-order valence-electron chi connectivity index (χ0n) is 9.94. The van der Waals surface area contributed by atoms with Gasteiger partial charge in [0.25, 0.3) is 0 Å². The zero-order valence-corrected chi connectivity index (χ0v) is 10.8. The Hall–Kier alpha value is -0.770. The summed E-state index contributed by atoms with van der Waals surface area (Å²) in [6, 6.07) is 0.582. The van der Waals surface area contributed by atoms with Gasteiger partial charge in [0.05, 0.1) is 5.69 Å². The topological polar surface area (TPSA) is 37.8 Å². The molecule has 1 N–H and O–H groups in total. The fourth-order valence-electron chi connectivity index (χ4n) is 2.19. The Bertz CT molecular complexity index is 335. The molecule has 1 fully saturated rings. The number of hydrogen-bond acceptors (Lipinski definition) is 4. The van der Waals surface area contributed by atoms with Gasteiger partial charge >= 0.3 is 0 Å². The van der Waals surface area contributed by atoms with Gasteiger partial charge in [0.2, 0.25) is 0 Å². The normalized spacial score (nSPS) is 25.4. The van der Waals surface area contributed by atoms with Gasteiger partial charge in [-0.1, -0.05) is 0 Å². The highest BCUT2D eigenvalue weighted by Gasteiger charge is 2.20. The minimum atomic E-state index is 0.582. The summed E-state index contributed by atoms with van der Waals surface area (Å²) in [6.45, 7) is 2.00. The second-order valence-corrected chi connectivity index (χ2v) is 5.48. The van der Waals surface area contributed by atoms with E-state index in [1.54, 1.807) is 12.4 Å². The summed E-state index contributed by atoms with van der Waals surface area (Å²) in [5, 5.41) is 4.37. The van der Waals surface area contributed by atoms with Crippen molar-refractivity contribution >= 4 is 17.6 Å². The van der Waals surface area contributed by atoms with Crippen molar-refractivity contribution in [3.63, 3.8) is 0 Å². The Balaban J connectivity index is 1.89. The lowest BCUT2D eigenvalue weighted by atomic mass is 9.95. The van der Waals surface area contributed by atoms with Crippen LogP contribution in [0.3, 0.4) is 0 Å². The minimum Gasteiger partial charge on any atom is -0.366 e. The quantitative estimate of drug-likeness (QED) is 0.877. The summed E-state index contributed by atoms with van der Waals surface area (Å²) >= 11 is 2.00. The Labute approximate surface area is 101 Å². The monoisotopic (exact) mass is 237 g/mol. The maximum atomic E-state index is 4.33. The number of thioether (sulfide) groups is 1. The van der Waals surface area contributed by atoms with Gasteiger partial charge in [-0.3, -0.25) is 4.98 Å². The molecular weight excluding hydrogens is 218 g/mol. The molecule has 2 rings (SSSR count). The van der Waals surface area contributed by atoms with E-state index in [0.717, 1.165) is 16.8 Å². The second kappa shape index (κ2) is 5.53. The van der Waals surface area contributed by atoms with Crippen LogP contribution in [0.2, 0.25) is 0 Å². The largest absolute Gasteiger partial charge is 0.366 e. The Morgan fingerprint density at radius 1 is 1.19 bits per heavy atom. The summed E-state index contributed by atoms with van der Waals surface area (Å²) in [5.41, 5.74) is 0.995. The number of hydrogen-bond donors (Lipinski definition) is 1. The molecule has 1 heterocycles. The maximum absolute atomic E-state index is 4.33. The van der Waals surface area contributed by atoms with Crippen LogP contribution in [0.4, 0.5) is 5.82 Å². The minimum absolute atomic E-state index is 0.582. The molecule has 0 aliphatic heterocycles. The van der Waals surface area contributed by atoms with E-state index in [9.17, 15) is 0 Å². The van der Waals surface area contributed by atoms with Gasteiger partial charge < -0.3 is 5.32 Å². The molecule has 1 aromatic heterocycles. The van der Waals surface area contributed by atoms with Crippen molar-refractivity contribution in [3.05, 3.63) is 18.1 Å². The van der Waals surface area contributed by atoms with E-state index in [2.05, 4.69) is 21.5 Å². The summed E-state index contributed by atoms with van der Waals surface area (Å²) in [4.78, 5) is 8.58. The molecule has 0 spiro atoms. The highest BCUT2D eigenvalue weighted by atomic mass is 32.2. The van der Waals surface area contributed by atoms with Crippen LogP contribution < -0.4 is 5.32 Å². The van der Waals surface area contributed by atoms with Crippen LogP contribution in [-0.4, -0.2) is 27.5 Å². The van der Waals surface area contributed by atoms with E-state index in [1.165, 1.54) is 25.7 Å². The summed E-state index contributed by atoms with van der Waals surface area (Å²) < 4.78 is 0. The molecule has 0 radical (unpaired) electrons. The van der Waals surface area contributed by atoms with Crippen molar-refractivity contribution in [3.8, 4) is 0 Å². The van der Waals surface area contributed by atoms with Crippen molar-refractivity contribution in [2.75, 3.05) is 11.6 Å². The predicted octanol–water partition coefficient (Wildman–Crippen LogP) is 2.87. The van der Waals surface area contributed by atoms with Crippen molar-refractivity contribution in [1.82, 2.24) is 9.97 Å². The molecule has 0 atom stereocenters. The second-order valence-electron chi connectivity index (χ2n) is 4.34. The Morgan fingerprint density at radius 3 is 2.50 bits per heavy atom. The van der Waals surface area contributed by atoms with Crippen LogP contribution in [0.5, 0.6) is 0 Å². The lowest BCUT2D eigenvalue weighted by Crippen LogP contribution is -2.27. The van der Waals surface area contributed by atoms with Crippen LogP contribution in [-0.2, 0) is 0 Å². The first-order valence-corrected chi connectivity index (χ1v) is 7.15. The van der Waals surface area contributed by atoms with E-state index in [4.69, 9.17) is 0 Å². The van der Waals surface area contributed by atoms with Crippen LogP contribution in [0.15, 0.2) is 12.4 Å². The standard InChI is InChI=1S/C12H19N3S/c1-9-12(14-8-7-13-9)15-10-3-5-11(16-2)6-4-10/h7-8,10-11H,3-6H2,1-2H3,(H,14,15). The molecule has 88 valence electrons. The molecule has 1 aromatic rings. The number of aromatic nitrogens is 2. The third kappa shape index (κ3) is 2.88. The molecule has 3 nitrogen and oxygen atoms in total. The number of nitrogens with one attached hydrogen (secondary N) is 1. The first-order chi connectivity index (χ1) is 7.79. The fraction of sp³-hybridized carbons (Fsp3) is 0.667. The summed E-state index contributed by atoms with van der Waals surface area (Å²) in [6.07, 6.45) is 10.8. The molecule has 4 heteroatoms. The third-order valence-corrected chi connectivity index (χ3v) is 4.37. The van der Waals surface area contributed by atoms with E-state index in [0.29, 0.717) is 6.04 Å². The number of anilines is 1. The van der Waals surface area contributed by atoms with Gasteiger partial charge in [-0.2, -0.15) is 11.8 Å².